The van der Waals surface area contributed by atoms with Crippen LogP contribution in [0.1, 0.15) is 6.42 Å². The fourth-order valence-electron chi connectivity index (χ4n) is 1.01. The van der Waals surface area contributed by atoms with Gasteiger partial charge in [0.25, 0.3) is 0 Å². The fraction of sp³-hybridized carbons (Fsp3) is 0.556. The monoisotopic (exact) mass is 293 g/mol. The second-order valence-corrected chi connectivity index (χ2v) is 3.93. The molecule has 10 heteroatoms. The summed E-state index contributed by atoms with van der Waals surface area (Å²) >= 11 is 3.74. The van der Waals surface area contributed by atoms with Crippen LogP contribution < -0.4 is 16.4 Å². The molecular weight excluding hydrogens is 278 g/mol. The second kappa shape index (κ2) is 8.32. The van der Waals surface area contributed by atoms with E-state index in [1.807, 2.05) is 0 Å². The summed E-state index contributed by atoms with van der Waals surface area (Å²) in [4.78, 5) is 43.4. The number of aliphatic carboxylic acids is 2. The van der Waals surface area contributed by atoms with Crippen LogP contribution in [0.4, 0.5) is 0 Å². The first kappa shape index (κ1) is 17.2. The summed E-state index contributed by atoms with van der Waals surface area (Å²) in [5.41, 5.74) is 5.25. The standard InChI is InChI=1S/C9H15N3O6S/c10-4(1-7(14)15)8(16)11-2-6(13)12-5(3-19)9(17)18/h4-5,19H,1-3,10H2,(H,11,16)(H,12,13)(H,14,15)(H,17,18)/t4-,5-/m0/s1. The second-order valence-electron chi connectivity index (χ2n) is 3.56. The smallest absolute Gasteiger partial charge is 0.327 e. The zero-order valence-electron chi connectivity index (χ0n) is 9.83. The molecule has 0 aromatic rings. The Hall–Kier alpha value is -1.81. The molecule has 108 valence electrons. The van der Waals surface area contributed by atoms with Crippen LogP contribution in [0.3, 0.4) is 0 Å². The first-order valence-corrected chi connectivity index (χ1v) is 5.79. The third kappa shape index (κ3) is 7.26. The van der Waals surface area contributed by atoms with Crippen LogP contribution in [0, 0.1) is 0 Å². The molecule has 0 aromatic carbocycles. The Morgan fingerprint density at radius 1 is 1.21 bits per heavy atom. The van der Waals surface area contributed by atoms with Crippen LogP contribution in [-0.2, 0) is 19.2 Å². The summed E-state index contributed by atoms with van der Waals surface area (Å²) in [6.07, 6.45) is -0.568. The average Bonchev–Trinajstić information content (AvgIpc) is 2.31. The van der Waals surface area contributed by atoms with Crippen molar-refractivity contribution in [1.82, 2.24) is 10.6 Å². The maximum atomic E-state index is 11.3. The Labute approximate surface area is 113 Å². The molecule has 9 nitrogen and oxygen atoms in total. The minimum absolute atomic E-state index is 0.104. The highest BCUT2D eigenvalue weighted by molar-refractivity contribution is 7.80. The largest absolute Gasteiger partial charge is 0.481 e. The van der Waals surface area contributed by atoms with Crippen molar-refractivity contribution >= 4 is 36.4 Å². The molecule has 0 aliphatic rings. The number of nitrogens with two attached hydrogens (primary N) is 1. The average molecular weight is 293 g/mol. The molecule has 0 unspecified atom stereocenters. The molecule has 2 atom stereocenters. The minimum atomic E-state index is -1.27. The van der Waals surface area contributed by atoms with Crippen molar-refractivity contribution in [1.29, 1.82) is 0 Å². The van der Waals surface area contributed by atoms with Crippen molar-refractivity contribution in [3.63, 3.8) is 0 Å². The molecule has 0 saturated carbocycles. The number of carbonyl (C=O) groups excluding carboxylic acids is 2. The lowest BCUT2D eigenvalue weighted by Crippen LogP contribution is -2.49. The van der Waals surface area contributed by atoms with E-state index in [4.69, 9.17) is 15.9 Å². The molecule has 0 spiro atoms. The predicted octanol–water partition coefficient (Wildman–Crippen LogP) is -2.60. The predicted molar refractivity (Wildman–Crippen MR) is 66.7 cm³/mol. The number of carboxylic acid groups (broad SMARTS) is 2. The topological polar surface area (TPSA) is 159 Å². The van der Waals surface area contributed by atoms with Gasteiger partial charge in [-0.15, -0.1) is 0 Å². The van der Waals surface area contributed by atoms with E-state index in [1.54, 1.807) is 0 Å². The molecule has 0 aliphatic carbocycles. The van der Waals surface area contributed by atoms with E-state index < -0.39 is 48.8 Å². The quantitative estimate of drug-likeness (QED) is 0.268. The third-order valence-corrected chi connectivity index (χ3v) is 2.34. The molecule has 19 heavy (non-hydrogen) atoms. The van der Waals surface area contributed by atoms with Gasteiger partial charge in [-0.25, -0.2) is 4.79 Å². The summed E-state index contributed by atoms with van der Waals surface area (Å²) in [7, 11) is 0. The lowest BCUT2D eigenvalue weighted by molar-refractivity contribution is -0.141. The van der Waals surface area contributed by atoms with Gasteiger partial charge < -0.3 is 26.6 Å². The summed E-state index contributed by atoms with van der Waals surface area (Å²) in [5.74, 6) is -4.15. The highest BCUT2D eigenvalue weighted by atomic mass is 32.1. The number of nitrogens with one attached hydrogen (secondary N) is 2. The number of hydrogen-bond donors (Lipinski definition) is 6. The number of carbonyl (C=O) groups is 4. The van der Waals surface area contributed by atoms with Crippen LogP contribution in [-0.4, -0.2) is 58.3 Å². The maximum absolute atomic E-state index is 11.3. The molecule has 0 radical (unpaired) electrons. The van der Waals surface area contributed by atoms with E-state index in [2.05, 4.69) is 23.3 Å². The highest BCUT2D eigenvalue weighted by Crippen LogP contribution is 1.89. The van der Waals surface area contributed by atoms with E-state index in [1.165, 1.54) is 0 Å². The number of amides is 2. The number of hydrogen-bond acceptors (Lipinski definition) is 6. The molecule has 0 fully saturated rings. The molecule has 0 aliphatic heterocycles. The first-order chi connectivity index (χ1) is 8.77. The molecule has 0 bridgehead atoms. The highest BCUT2D eigenvalue weighted by Gasteiger charge is 2.20. The van der Waals surface area contributed by atoms with Crippen molar-refractivity contribution in [3.05, 3.63) is 0 Å². The van der Waals surface area contributed by atoms with Gasteiger partial charge in [-0.05, 0) is 0 Å². The Morgan fingerprint density at radius 3 is 2.21 bits per heavy atom. The number of carboxylic acids is 2. The van der Waals surface area contributed by atoms with Crippen molar-refractivity contribution in [3.8, 4) is 0 Å². The van der Waals surface area contributed by atoms with E-state index in [0.29, 0.717) is 0 Å². The fourth-order valence-corrected chi connectivity index (χ4v) is 1.26. The molecule has 0 heterocycles. The summed E-state index contributed by atoms with van der Waals surface area (Å²) in [6.45, 7) is -0.496. The lowest BCUT2D eigenvalue weighted by atomic mass is 10.2. The van der Waals surface area contributed by atoms with Crippen molar-refractivity contribution in [2.75, 3.05) is 12.3 Å². The summed E-state index contributed by atoms with van der Waals surface area (Å²) in [5, 5.41) is 21.3. The molecular formula is C9H15N3O6S. The molecule has 0 saturated heterocycles. The van der Waals surface area contributed by atoms with Crippen LogP contribution >= 0.6 is 12.6 Å². The van der Waals surface area contributed by atoms with Crippen LogP contribution in [0.25, 0.3) is 0 Å². The lowest BCUT2D eigenvalue weighted by Gasteiger charge is -2.13. The Balaban J connectivity index is 4.12. The number of rotatable bonds is 8. The maximum Gasteiger partial charge on any atom is 0.327 e. The van der Waals surface area contributed by atoms with Crippen LogP contribution in [0.5, 0.6) is 0 Å². The zero-order chi connectivity index (χ0) is 15.0. The van der Waals surface area contributed by atoms with Crippen LogP contribution in [0.15, 0.2) is 0 Å². The number of thiol groups is 1. The van der Waals surface area contributed by atoms with E-state index in [0.717, 1.165) is 0 Å². The van der Waals surface area contributed by atoms with Crippen molar-refractivity contribution in [2.24, 2.45) is 5.73 Å². The minimum Gasteiger partial charge on any atom is -0.481 e. The zero-order valence-corrected chi connectivity index (χ0v) is 10.7. The van der Waals surface area contributed by atoms with Gasteiger partial charge in [-0.2, -0.15) is 12.6 Å². The van der Waals surface area contributed by atoms with Crippen molar-refractivity contribution in [2.45, 2.75) is 18.5 Å². The van der Waals surface area contributed by atoms with Gasteiger partial charge in [0.15, 0.2) is 0 Å². The van der Waals surface area contributed by atoms with Gasteiger partial charge in [0, 0.05) is 5.75 Å². The van der Waals surface area contributed by atoms with Gasteiger partial charge in [0.05, 0.1) is 19.0 Å². The SMILES string of the molecule is N[C@@H](CC(=O)O)C(=O)NCC(=O)N[C@@H](CS)C(=O)O. The van der Waals surface area contributed by atoms with Gasteiger partial charge in [-0.1, -0.05) is 0 Å². The van der Waals surface area contributed by atoms with Crippen LogP contribution in [0.2, 0.25) is 0 Å². The van der Waals surface area contributed by atoms with Gasteiger partial charge in [0.2, 0.25) is 11.8 Å². The molecule has 0 aromatic heterocycles. The summed E-state index contributed by atoms with van der Waals surface area (Å²) < 4.78 is 0. The Bertz CT molecular complexity index is 375. The Morgan fingerprint density at radius 2 is 1.79 bits per heavy atom. The normalized spacial score (nSPS) is 13.2. The van der Waals surface area contributed by atoms with Crippen molar-refractivity contribution < 1.29 is 29.4 Å². The van der Waals surface area contributed by atoms with Gasteiger partial charge in [-0.3, -0.25) is 14.4 Å². The molecule has 2 amide bonds. The third-order valence-electron chi connectivity index (χ3n) is 1.97. The first-order valence-electron chi connectivity index (χ1n) is 5.16. The van der Waals surface area contributed by atoms with Gasteiger partial charge in [0.1, 0.15) is 6.04 Å². The van der Waals surface area contributed by atoms with E-state index in [-0.39, 0.29) is 5.75 Å². The van der Waals surface area contributed by atoms with E-state index >= 15 is 0 Å². The molecule has 0 rings (SSSR count). The Kier molecular flexibility index (Phi) is 7.53. The van der Waals surface area contributed by atoms with E-state index in [9.17, 15) is 19.2 Å². The molecule has 6 N–H and O–H groups in total. The van der Waals surface area contributed by atoms with Gasteiger partial charge >= 0.3 is 11.9 Å². The summed E-state index contributed by atoms with van der Waals surface area (Å²) in [6, 6.07) is -2.44.